The van der Waals surface area contributed by atoms with Gasteiger partial charge in [0.05, 0.1) is 50.0 Å². The van der Waals surface area contributed by atoms with Crippen LogP contribution in [0.15, 0.2) is 0 Å². The molecule has 48 heteroatoms. The van der Waals surface area contributed by atoms with Crippen molar-refractivity contribution in [3.05, 3.63) is 0 Å². The van der Waals surface area contributed by atoms with Crippen LogP contribution in [0.25, 0.3) is 0 Å². The predicted octanol–water partition coefficient (Wildman–Crippen LogP) is -8.36. The maximum Gasteiger partial charge on any atom is 0.326 e. The minimum Gasteiger partial charge on any atom is -0.481 e. The van der Waals surface area contributed by atoms with E-state index in [0.29, 0.717) is 21.6 Å². The molecule has 1 unspecified atom stereocenters. The molecule has 0 radical (unpaired) electrons. The number of aliphatic hydroxyl groups is 2. The van der Waals surface area contributed by atoms with Crippen molar-refractivity contribution in [3.63, 3.8) is 0 Å². The zero-order valence-corrected chi connectivity index (χ0v) is 67.0. The zero-order chi connectivity index (χ0) is 86.0. The van der Waals surface area contributed by atoms with Crippen LogP contribution in [0.3, 0.4) is 0 Å². The van der Waals surface area contributed by atoms with Crippen molar-refractivity contribution in [1.82, 2.24) is 79.8 Å². The minimum absolute atomic E-state index is 0.101. The molecule has 0 aromatic rings. The van der Waals surface area contributed by atoms with E-state index in [4.69, 9.17) is 17.2 Å². The highest BCUT2D eigenvalue weighted by Gasteiger charge is 2.41. The first-order valence-corrected chi connectivity index (χ1v) is 40.6. The molecule has 3 fully saturated rings. The Morgan fingerprint density at radius 2 is 1.05 bits per heavy atom. The lowest BCUT2D eigenvalue weighted by Gasteiger charge is -2.32. The van der Waals surface area contributed by atoms with Crippen LogP contribution < -0.4 is 97.0 Å². The normalized spacial score (nSPS) is 25.2. The fourth-order valence-electron chi connectivity index (χ4n) is 10.5. The number of carboxylic acids is 4. The van der Waals surface area contributed by atoms with Gasteiger partial charge in [-0.25, -0.2) is 4.79 Å². The molecule has 3 aliphatic heterocycles. The summed E-state index contributed by atoms with van der Waals surface area (Å²) in [6.07, 6.45) is -10.7. The fraction of sp³-hybridized carbons (Fsp3) is 0.692. The maximum absolute atomic E-state index is 15.0. The fourth-order valence-corrected chi connectivity index (χ4v) is 15.2. The number of aliphatic carboxylic acids is 4. The van der Waals surface area contributed by atoms with Crippen molar-refractivity contribution < 1.29 is 127 Å². The van der Waals surface area contributed by atoms with Crippen LogP contribution in [0.4, 0.5) is 0 Å². The van der Waals surface area contributed by atoms with Crippen LogP contribution in [-0.4, -0.2) is 282 Å². The Balaban J connectivity index is 3.28. The minimum atomic E-state index is -2.11. The number of nitrogens with one attached hydrogen (secondary N) is 15. The molecule has 113 heavy (non-hydrogen) atoms. The standard InChI is InChI=1S/C65H106N18O26S4/c1-25(2)15-34-55(98)80-41-24-113-110-21-38(58(101)77-37(65(108)109)16-26(3)4)71-44(87)20-69-62(105)50(30(10)84)83-61(104)40(78-51(94)29(9)70-63(106)48(27(5)6)81-57(100)35(18-43(68)86)76-64(107)49(28(7)8)82-60(41)103)23-112-111-22-39(59(102)73-32(53(96)75-34)11-13-45(88)89)79-54(97)33(12-14-46(90)91)72-56(99)36(19-47(92)93)74-52(95)31(66)17-42(67)85/h25-41,48-50,60,82,84,103H,11-24,66H2,1-10H3,(H2,67,85)(H2,68,86)(H,69,105)(H,70,106)(H,71,87)(H,72,99)(H,73,102)(H,74,95)(H,75,96)(H,76,107)(H,77,101)(H,78,94)(H,79,97)(H,80,98)(H,81,100)(H,83,104)(H,88,89)(H,90,91)(H,92,93)(H,108,109)/t29-,30+,31-,32-,33-,34-,35-,36-,37-,38-,39-,40-,41-,48-,49-,50-,60?/m0/s1. The van der Waals surface area contributed by atoms with Gasteiger partial charge in [0.2, 0.25) is 94.5 Å². The number of nitrogens with two attached hydrogens (primary N) is 3. The monoisotopic (exact) mass is 1680 g/mol. The van der Waals surface area contributed by atoms with E-state index in [-0.39, 0.29) is 18.8 Å². The quantitative estimate of drug-likeness (QED) is 0.0255. The summed E-state index contributed by atoms with van der Waals surface area (Å²) in [5.74, 6) is -30.8. The van der Waals surface area contributed by atoms with Crippen LogP contribution in [0.5, 0.6) is 0 Å². The highest BCUT2D eigenvalue weighted by molar-refractivity contribution is 8.77. The summed E-state index contributed by atoms with van der Waals surface area (Å²) in [4.78, 5) is 273. The van der Waals surface area contributed by atoms with E-state index >= 15 is 0 Å². The maximum atomic E-state index is 15.0. The van der Waals surface area contributed by atoms with Crippen molar-refractivity contribution >= 4 is 162 Å². The summed E-state index contributed by atoms with van der Waals surface area (Å²) in [6, 6.07) is -27.3. The first-order chi connectivity index (χ1) is 52.6. The number of amides is 16. The number of rotatable bonds is 28. The molecule has 44 nitrogen and oxygen atoms in total. The lowest BCUT2D eigenvalue weighted by Crippen LogP contribution is -2.63. The molecule has 3 heterocycles. The van der Waals surface area contributed by atoms with Gasteiger partial charge < -0.3 is 122 Å². The molecule has 2 bridgehead atoms. The molecule has 3 saturated heterocycles. The molecule has 3 aliphatic rings. The molecule has 16 amide bonds. The Hall–Kier alpha value is -9.36. The first-order valence-electron chi connectivity index (χ1n) is 35.7. The largest absolute Gasteiger partial charge is 0.481 e. The molecule has 0 spiro atoms. The Morgan fingerprint density at radius 1 is 0.504 bits per heavy atom. The number of fused-ring (bicyclic) bond motifs is 37. The number of carbonyl (C=O) groups excluding carboxylic acids is 16. The topological polar surface area (TPSA) is 721 Å². The van der Waals surface area contributed by atoms with Gasteiger partial charge >= 0.3 is 23.9 Å². The van der Waals surface area contributed by atoms with Crippen molar-refractivity contribution in [1.29, 1.82) is 0 Å². The Bertz CT molecular complexity index is 3430. The third-order valence-corrected chi connectivity index (χ3v) is 21.4. The van der Waals surface area contributed by atoms with E-state index in [9.17, 15) is 127 Å². The van der Waals surface area contributed by atoms with E-state index < -0.39 is 314 Å². The van der Waals surface area contributed by atoms with Gasteiger partial charge in [-0.3, -0.25) is 96.4 Å². The van der Waals surface area contributed by atoms with Crippen molar-refractivity contribution in [2.45, 2.75) is 230 Å². The second-order valence-electron chi connectivity index (χ2n) is 28.1. The number of carbonyl (C=O) groups is 20. The Morgan fingerprint density at radius 3 is 1.61 bits per heavy atom. The molecule has 0 aromatic heterocycles. The van der Waals surface area contributed by atoms with E-state index in [1.807, 2.05) is 5.32 Å². The molecule has 0 saturated carbocycles. The van der Waals surface area contributed by atoms with E-state index in [0.717, 1.165) is 35.4 Å². The van der Waals surface area contributed by atoms with Gasteiger partial charge in [-0.05, 0) is 63.2 Å². The lowest BCUT2D eigenvalue weighted by molar-refractivity contribution is -0.143. The Labute approximate surface area is 665 Å². The molecule has 3 rings (SSSR count). The second kappa shape index (κ2) is 49.3. The van der Waals surface area contributed by atoms with Gasteiger partial charge in [0, 0.05) is 35.9 Å². The number of hydrogen-bond donors (Lipinski definition) is 24. The lowest BCUT2D eigenvalue weighted by atomic mass is 10.00. The average molecular weight is 1680 g/mol. The van der Waals surface area contributed by atoms with E-state index in [2.05, 4.69) is 74.4 Å². The van der Waals surface area contributed by atoms with Gasteiger partial charge in [-0.1, -0.05) is 98.6 Å². The van der Waals surface area contributed by atoms with Gasteiger partial charge in [-0.15, -0.1) is 0 Å². The van der Waals surface area contributed by atoms with Gasteiger partial charge in [0.15, 0.2) is 0 Å². The SMILES string of the molecule is CC(C)C[C@H](NC(=O)[C@@H]1CSSC[C@@H]2NC(=O)[C@H](CC(C)C)NC(=O)[C@H](CCC(=O)O)NC(=O)[C@@H](NC(=O)[C@H](CCC(=O)O)NC(=O)[C@H](CC(=O)O)NC(=O)[C@@H](N)CC(N)=O)CSSC[C@H](NC(=O)[C@H](C)NC(=O)[C@H](C(C)C)NC(=O)[C@H](CC(N)=O)NC(=O)[C@H](C(C)C)NC2O)C(=O)N[C@@H]([C@@H](C)O)C(=O)NCC(=O)N1)C(=O)O. The van der Waals surface area contributed by atoms with Crippen LogP contribution in [-0.2, 0) is 95.9 Å². The highest BCUT2D eigenvalue weighted by atomic mass is 33.1. The van der Waals surface area contributed by atoms with Crippen molar-refractivity contribution in [3.8, 4) is 0 Å². The second-order valence-corrected chi connectivity index (χ2v) is 33.2. The first kappa shape index (κ1) is 99.7. The molecular weight excluding hydrogens is 1580 g/mol. The Kier molecular flexibility index (Phi) is 43.5. The summed E-state index contributed by atoms with van der Waals surface area (Å²) in [6.45, 7) is 13.5. The van der Waals surface area contributed by atoms with Gasteiger partial charge in [0.1, 0.15) is 78.7 Å². The molecule has 0 aliphatic carbocycles. The van der Waals surface area contributed by atoms with E-state index in [1.54, 1.807) is 27.7 Å². The zero-order valence-electron chi connectivity index (χ0n) is 63.7. The summed E-state index contributed by atoms with van der Waals surface area (Å²) in [5, 5.41) is 98.2. The van der Waals surface area contributed by atoms with Gasteiger partial charge in [0.25, 0.3) is 0 Å². The summed E-state index contributed by atoms with van der Waals surface area (Å²) < 4.78 is 0. The van der Waals surface area contributed by atoms with Crippen molar-refractivity contribution in [2.24, 2.45) is 40.9 Å². The van der Waals surface area contributed by atoms with Gasteiger partial charge in [-0.2, -0.15) is 0 Å². The number of aliphatic hydroxyl groups excluding tert-OH is 2. The van der Waals surface area contributed by atoms with Crippen LogP contribution in [0.1, 0.15) is 127 Å². The summed E-state index contributed by atoms with van der Waals surface area (Å²) in [7, 11) is 2.70. The third kappa shape index (κ3) is 37.0. The molecular formula is C65H106N18O26S4. The average Bonchev–Trinajstić information content (AvgIpc) is 0.954. The molecule has 0 aromatic carbocycles. The molecule has 17 atom stereocenters. The van der Waals surface area contributed by atoms with Crippen LogP contribution in [0, 0.1) is 23.7 Å². The van der Waals surface area contributed by atoms with Crippen LogP contribution in [0.2, 0.25) is 0 Å². The molecule has 636 valence electrons. The van der Waals surface area contributed by atoms with Crippen LogP contribution >= 0.6 is 43.2 Å². The third-order valence-electron chi connectivity index (χ3n) is 16.6. The number of carboxylic acid groups (broad SMARTS) is 4. The van der Waals surface area contributed by atoms with Crippen molar-refractivity contribution in [2.75, 3.05) is 29.6 Å². The summed E-state index contributed by atoms with van der Waals surface area (Å²) in [5.41, 5.74) is 16.4. The van der Waals surface area contributed by atoms with E-state index in [1.165, 1.54) is 27.7 Å². The highest BCUT2D eigenvalue weighted by Crippen LogP contribution is 2.26. The summed E-state index contributed by atoms with van der Waals surface area (Å²) >= 11 is 0. The molecule has 27 N–H and O–H groups in total. The predicted molar refractivity (Wildman–Crippen MR) is 406 cm³/mol. The smallest absolute Gasteiger partial charge is 0.326 e. The number of primary amides is 2. The number of hydrogen-bond acceptors (Lipinski definition) is 28.